The van der Waals surface area contributed by atoms with Gasteiger partial charge in [-0.15, -0.1) is 11.3 Å². The van der Waals surface area contributed by atoms with E-state index < -0.39 is 0 Å². The van der Waals surface area contributed by atoms with Crippen LogP contribution in [0, 0.1) is 0 Å². The van der Waals surface area contributed by atoms with Gasteiger partial charge in [-0.25, -0.2) is 4.98 Å². The molecule has 24 heavy (non-hydrogen) atoms. The van der Waals surface area contributed by atoms with Gasteiger partial charge in [0.15, 0.2) is 0 Å². The van der Waals surface area contributed by atoms with Crippen molar-refractivity contribution in [1.29, 1.82) is 0 Å². The van der Waals surface area contributed by atoms with Crippen LogP contribution in [0.2, 0.25) is 5.02 Å². The third-order valence-corrected chi connectivity index (χ3v) is 4.83. The predicted molar refractivity (Wildman–Crippen MR) is 93.2 cm³/mol. The minimum Gasteiger partial charge on any atom is -0.372 e. The number of rotatable bonds is 3. The Bertz CT molecular complexity index is 926. The number of nitrogens with zero attached hydrogens (tertiary/aromatic N) is 2. The molecule has 0 saturated carbocycles. The van der Waals surface area contributed by atoms with Crippen LogP contribution < -0.4 is 5.32 Å². The topological polar surface area (TPSA) is 64.1 Å². The van der Waals surface area contributed by atoms with Crippen molar-refractivity contribution in [3.05, 3.63) is 63.8 Å². The Hall–Kier alpha value is -2.28. The fourth-order valence-corrected chi connectivity index (χ4v) is 3.55. The molecule has 3 aromatic rings. The first-order chi connectivity index (χ1) is 11.7. The van der Waals surface area contributed by atoms with E-state index in [0.717, 1.165) is 16.8 Å². The van der Waals surface area contributed by atoms with Gasteiger partial charge in [-0.2, -0.15) is 0 Å². The summed E-state index contributed by atoms with van der Waals surface area (Å²) in [6, 6.07) is 9.28. The number of benzene rings is 1. The van der Waals surface area contributed by atoms with Crippen molar-refractivity contribution >= 4 is 34.5 Å². The molecule has 0 unspecified atom stereocenters. The highest BCUT2D eigenvalue weighted by Gasteiger charge is 2.16. The lowest BCUT2D eigenvalue weighted by atomic mass is 10.1. The number of halogens is 1. The van der Waals surface area contributed by atoms with Crippen LogP contribution in [0.3, 0.4) is 0 Å². The number of pyridine rings is 1. The van der Waals surface area contributed by atoms with Gasteiger partial charge in [0.25, 0.3) is 5.91 Å². The molecule has 3 heterocycles. The number of anilines is 1. The number of carbonyl (C=O) groups excluding carboxylic acids is 1. The average molecular weight is 358 g/mol. The quantitative estimate of drug-likeness (QED) is 0.765. The summed E-state index contributed by atoms with van der Waals surface area (Å²) >= 11 is 7.46. The van der Waals surface area contributed by atoms with Gasteiger partial charge in [0.2, 0.25) is 0 Å². The first kappa shape index (κ1) is 15.3. The highest BCUT2D eigenvalue weighted by atomic mass is 35.5. The third kappa shape index (κ3) is 2.91. The normalized spacial score (nSPS) is 12.9. The van der Waals surface area contributed by atoms with Gasteiger partial charge < -0.3 is 10.1 Å². The van der Waals surface area contributed by atoms with Gasteiger partial charge in [0.05, 0.1) is 18.2 Å². The molecular weight excluding hydrogens is 346 g/mol. The van der Waals surface area contributed by atoms with E-state index in [1.54, 1.807) is 23.7 Å². The van der Waals surface area contributed by atoms with Crippen LogP contribution in [0.1, 0.15) is 21.6 Å². The Balaban J connectivity index is 1.54. The van der Waals surface area contributed by atoms with Crippen LogP contribution in [0.25, 0.3) is 10.7 Å². The van der Waals surface area contributed by atoms with Crippen LogP contribution in [0.15, 0.2) is 41.9 Å². The fourth-order valence-electron chi connectivity index (χ4n) is 2.47. The molecule has 0 aliphatic carbocycles. The highest BCUT2D eigenvalue weighted by Crippen LogP contribution is 2.28. The SMILES string of the molecule is O=C(Nc1ccc2c(c1)COC2)c1csc(-c2ncccc2Cl)n1. The van der Waals surface area contributed by atoms with Crippen molar-refractivity contribution < 1.29 is 9.53 Å². The van der Waals surface area contributed by atoms with Crippen molar-refractivity contribution in [3.8, 4) is 10.7 Å². The second-order valence-corrected chi connectivity index (χ2v) is 6.57. The minimum absolute atomic E-state index is 0.261. The van der Waals surface area contributed by atoms with E-state index in [9.17, 15) is 4.79 Å². The maximum atomic E-state index is 12.4. The summed E-state index contributed by atoms with van der Waals surface area (Å²) in [6.07, 6.45) is 1.65. The Labute approximate surface area is 147 Å². The first-order valence-corrected chi connectivity index (χ1v) is 8.54. The maximum absolute atomic E-state index is 12.4. The van der Waals surface area contributed by atoms with Crippen LogP contribution in [-0.4, -0.2) is 15.9 Å². The first-order valence-electron chi connectivity index (χ1n) is 7.28. The molecule has 7 heteroatoms. The van der Waals surface area contributed by atoms with E-state index in [2.05, 4.69) is 15.3 Å². The van der Waals surface area contributed by atoms with Crippen molar-refractivity contribution in [1.82, 2.24) is 9.97 Å². The largest absolute Gasteiger partial charge is 0.372 e. The highest BCUT2D eigenvalue weighted by molar-refractivity contribution is 7.13. The number of hydrogen-bond acceptors (Lipinski definition) is 5. The van der Waals surface area contributed by atoms with Crippen molar-refractivity contribution in [2.24, 2.45) is 0 Å². The number of amides is 1. The molecule has 5 nitrogen and oxygen atoms in total. The molecule has 0 radical (unpaired) electrons. The number of ether oxygens (including phenoxy) is 1. The molecule has 0 spiro atoms. The third-order valence-electron chi connectivity index (χ3n) is 3.68. The average Bonchev–Trinajstić information content (AvgIpc) is 3.24. The smallest absolute Gasteiger partial charge is 0.275 e. The standard InChI is InChI=1S/C17H12ClN3O2S/c18-13-2-1-5-19-15(13)17-21-14(9-24-17)16(22)20-12-4-3-10-7-23-8-11(10)6-12/h1-6,9H,7-8H2,(H,20,22). The molecule has 0 bridgehead atoms. The van der Waals surface area contributed by atoms with E-state index in [1.807, 2.05) is 18.2 Å². The molecular formula is C17H12ClN3O2S. The fraction of sp³-hybridized carbons (Fsp3) is 0.118. The number of thiazole rings is 1. The van der Waals surface area contributed by atoms with E-state index in [4.69, 9.17) is 16.3 Å². The molecule has 1 aliphatic rings. The summed E-state index contributed by atoms with van der Waals surface area (Å²) in [4.78, 5) is 21.0. The number of nitrogens with one attached hydrogen (secondary N) is 1. The maximum Gasteiger partial charge on any atom is 0.275 e. The molecule has 0 fully saturated rings. The van der Waals surface area contributed by atoms with E-state index in [0.29, 0.717) is 34.6 Å². The van der Waals surface area contributed by atoms with Gasteiger partial charge in [0, 0.05) is 17.3 Å². The zero-order valence-electron chi connectivity index (χ0n) is 12.5. The predicted octanol–water partition coefficient (Wildman–Crippen LogP) is 4.14. The Kier molecular flexibility index (Phi) is 4.02. The van der Waals surface area contributed by atoms with Gasteiger partial charge >= 0.3 is 0 Å². The summed E-state index contributed by atoms with van der Waals surface area (Å²) in [5.74, 6) is -0.261. The van der Waals surface area contributed by atoms with Crippen LogP contribution >= 0.6 is 22.9 Å². The van der Waals surface area contributed by atoms with Crippen LogP contribution in [-0.2, 0) is 18.0 Å². The molecule has 1 N–H and O–H groups in total. The van der Waals surface area contributed by atoms with Gasteiger partial charge in [-0.05, 0) is 35.4 Å². The monoisotopic (exact) mass is 357 g/mol. The Morgan fingerprint density at radius 2 is 2.12 bits per heavy atom. The number of hydrogen-bond donors (Lipinski definition) is 1. The molecule has 120 valence electrons. The Morgan fingerprint density at radius 1 is 1.25 bits per heavy atom. The van der Waals surface area contributed by atoms with Crippen molar-refractivity contribution in [3.63, 3.8) is 0 Å². The van der Waals surface area contributed by atoms with Gasteiger partial charge in [-0.1, -0.05) is 17.7 Å². The van der Waals surface area contributed by atoms with Gasteiger partial charge in [0.1, 0.15) is 16.4 Å². The molecule has 0 saturated heterocycles. The number of carbonyl (C=O) groups is 1. The molecule has 2 aromatic heterocycles. The zero-order chi connectivity index (χ0) is 16.5. The van der Waals surface area contributed by atoms with E-state index in [-0.39, 0.29) is 5.91 Å². The lowest BCUT2D eigenvalue weighted by molar-refractivity contribution is 0.102. The van der Waals surface area contributed by atoms with Crippen molar-refractivity contribution in [2.45, 2.75) is 13.2 Å². The lowest BCUT2D eigenvalue weighted by Crippen LogP contribution is -2.12. The van der Waals surface area contributed by atoms with E-state index in [1.165, 1.54) is 11.3 Å². The Morgan fingerprint density at radius 3 is 3.00 bits per heavy atom. The van der Waals surface area contributed by atoms with Crippen LogP contribution in [0.5, 0.6) is 0 Å². The molecule has 0 atom stereocenters. The lowest BCUT2D eigenvalue weighted by Gasteiger charge is -2.05. The zero-order valence-corrected chi connectivity index (χ0v) is 14.0. The summed E-state index contributed by atoms with van der Waals surface area (Å²) in [5, 5.41) is 5.69. The summed E-state index contributed by atoms with van der Waals surface area (Å²) in [6.45, 7) is 1.21. The molecule has 1 aliphatic heterocycles. The number of aromatic nitrogens is 2. The summed E-state index contributed by atoms with van der Waals surface area (Å²) < 4.78 is 5.38. The second kappa shape index (κ2) is 6.32. The second-order valence-electron chi connectivity index (χ2n) is 5.30. The van der Waals surface area contributed by atoms with Crippen LogP contribution in [0.4, 0.5) is 5.69 Å². The van der Waals surface area contributed by atoms with Gasteiger partial charge in [-0.3, -0.25) is 9.78 Å². The summed E-state index contributed by atoms with van der Waals surface area (Å²) in [7, 11) is 0. The van der Waals surface area contributed by atoms with E-state index >= 15 is 0 Å². The van der Waals surface area contributed by atoms with Crippen molar-refractivity contribution in [2.75, 3.05) is 5.32 Å². The molecule has 4 rings (SSSR count). The number of fused-ring (bicyclic) bond motifs is 1. The molecule has 1 amide bonds. The summed E-state index contributed by atoms with van der Waals surface area (Å²) in [5.41, 5.74) is 3.92. The minimum atomic E-state index is -0.261. The molecule has 1 aromatic carbocycles.